The minimum atomic E-state index is -0.405. The van der Waals surface area contributed by atoms with Gasteiger partial charge in [0.25, 0.3) is 5.91 Å². The number of rotatable bonds is 8. The van der Waals surface area contributed by atoms with E-state index in [0.717, 1.165) is 27.7 Å². The lowest BCUT2D eigenvalue weighted by Crippen LogP contribution is -2.37. The van der Waals surface area contributed by atoms with E-state index in [1.54, 1.807) is 19.4 Å². The molecule has 8 nitrogen and oxygen atoms in total. The van der Waals surface area contributed by atoms with Crippen molar-refractivity contribution in [2.75, 3.05) is 13.7 Å². The lowest BCUT2D eigenvalue weighted by atomic mass is 9.98. The van der Waals surface area contributed by atoms with Crippen LogP contribution in [0.3, 0.4) is 0 Å². The number of nitrogens with one attached hydrogen (secondary N) is 3. The zero-order valence-corrected chi connectivity index (χ0v) is 18.2. The fraction of sp³-hybridized carbons (Fsp3) is 0.160. The molecule has 2 aromatic heterocycles. The van der Waals surface area contributed by atoms with Crippen molar-refractivity contribution in [2.24, 2.45) is 5.73 Å². The van der Waals surface area contributed by atoms with Crippen molar-refractivity contribution < 1.29 is 14.3 Å². The van der Waals surface area contributed by atoms with Gasteiger partial charge in [0, 0.05) is 23.6 Å². The molecule has 1 atom stereocenters. The first-order valence-corrected chi connectivity index (χ1v) is 10.5. The first kappa shape index (κ1) is 22.0. The maximum Gasteiger partial charge on any atom is 0.268 e. The summed E-state index contributed by atoms with van der Waals surface area (Å²) in [6.45, 7) is 0.134. The number of aromatic nitrogens is 2. The van der Waals surface area contributed by atoms with Crippen molar-refractivity contribution >= 4 is 22.7 Å². The number of H-pyrrole nitrogens is 1. The maximum absolute atomic E-state index is 12.5. The van der Waals surface area contributed by atoms with Gasteiger partial charge < -0.3 is 26.1 Å². The smallest absolute Gasteiger partial charge is 0.268 e. The molecule has 0 spiro atoms. The van der Waals surface area contributed by atoms with Crippen LogP contribution in [0, 0.1) is 0 Å². The molecule has 8 heteroatoms. The molecule has 2 amide bonds. The fourth-order valence-electron chi connectivity index (χ4n) is 3.66. The van der Waals surface area contributed by atoms with E-state index < -0.39 is 6.04 Å². The highest BCUT2D eigenvalue weighted by Crippen LogP contribution is 2.26. The molecule has 4 rings (SSSR count). The van der Waals surface area contributed by atoms with E-state index in [1.807, 2.05) is 60.7 Å². The third-order valence-electron chi connectivity index (χ3n) is 5.37. The number of carbonyl (C=O) groups excluding carboxylic acids is 2. The SMILES string of the molecule is COc1cccc2[nH]c(C(=O)NCC(=O)NCc3ccccc3[C@H](N)c3ccccn3)cc12. The molecule has 168 valence electrons. The van der Waals surface area contributed by atoms with E-state index in [0.29, 0.717) is 11.4 Å². The van der Waals surface area contributed by atoms with Gasteiger partial charge in [-0.3, -0.25) is 14.6 Å². The van der Waals surface area contributed by atoms with E-state index >= 15 is 0 Å². The molecule has 0 aliphatic rings. The number of hydrogen-bond acceptors (Lipinski definition) is 5. The van der Waals surface area contributed by atoms with E-state index in [-0.39, 0.29) is 24.9 Å². The van der Waals surface area contributed by atoms with Crippen LogP contribution >= 0.6 is 0 Å². The molecular weight excluding hydrogens is 418 g/mol. The van der Waals surface area contributed by atoms with Crippen molar-refractivity contribution in [2.45, 2.75) is 12.6 Å². The average Bonchev–Trinajstić information content (AvgIpc) is 3.31. The number of carbonyl (C=O) groups is 2. The number of pyridine rings is 1. The highest BCUT2D eigenvalue weighted by Gasteiger charge is 2.16. The first-order chi connectivity index (χ1) is 16.1. The number of amides is 2. The number of aromatic amines is 1. The molecule has 0 saturated carbocycles. The Labute approximate surface area is 191 Å². The van der Waals surface area contributed by atoms with Gasteiger partial charge in [0.15, 0.2) is 0 Å². The van der Waals surface area contributed by atoms with E-state index in [4.69, 9.17) is 10.5 Å². The van der Waals surface area contributed by atoms with Crippen LogP contribution in [0.2, 0.25) is 0 Å². The summed E-state index contributed by atoms with van der Waals surface area (Å²) in [6.07, 6.45) is 1.70. The minimum absolute atomic E-state index is 0.153. The van der Waals surface area contributed by atoms with Gasteiger partial charge in [0.1, 0.15) is 11.4 Å². The Balaban J connectivity index is 1.35. The summed E-state index contributed by atoms with van der Waals surface area (Å²) in [5, 5.41) is 6.28. The molecule has 0 aliphatic carbocycles. The van der Waals surface area contributed by atoms with Crippen LogP contribution in [0.15, 0.2) is 72.9 Å². The largest absolute Gasteiger partial charge is 0.496 e. The topological polar surface area (TPSA) is 122 Å². The molecule has 0 saturated heterocycles. The Kier molecular flexibility index (Phi) is 6.66. The Morgan fingerprint density at radius 1 is 1.06 bits per heavy atom. The molecule has 2 aromatic carbocycles. The standard InChI is InChI=1S/C25H25N5O3/c1-33-22-11-6-10-19-18(22)13-21(30-19)25(32)29-15-23(31)28-14-16-7-2-3-8-17(16)24(26)20-9-4-5-12-27-20/h2-13,24,30H,14-15,26H2,1H3,(H,28,31)(H,29,32)/t24-/m0/s1. The summed E-state index contributed by atoms with van der Waals surface area (Å²) >= 11 is 0. The van der Waals surface area contributed by atoms with Gasteiger partial charge in [-0.25, -0.2) is 0 Å². The van der Waals surface area contributed by atoms with Gasteiger partial charge in [-0.15, -0.1) is 0 Å². The van der Waals surface area contributed by atoms with Gasteiger partial charge in [0.05, 0.1) is 25.4 Å². The summed E-state index contributed by atoms with van der Waals surface area (Å²) in [4.78, 5) is 32.3. The van der Waals surface area contributed by atoms with Crippen molar-refractivity contribution in [3.05, 3.63) is 95.4 Å². The fourth-order valence-corrected chi connectivity index (χ4v) is 3.66. The van der Waals surface area contributed by atoms with E-state index in [9.17, 15) is 9.59 Å². The Morgan fingerprint density at radius 3 is 2.67 bits per heavy atom. The predicted octanol–water partition coefficient (Wildman–Crippen LogP) is 2.67. The van der Waals surface area contributed by atoms with Gasteiger partial charge in [-0.2, -0.15) is 0 Å². The molecule has 0 aliphatic heterocycles. The lowest BCUT2D eigenvalue weighted by molar-refractivity contribution is -0.120. The Hall–Kier alpha value is -4.17. The summed E-state index contributed by atoms with van der Waals surface area (Å²) in [5.41, 5.74) is 10.0. The highest BCUT2D eigenvalue weighted by molar-refractivity contribution is 6.00. The zero-order chi connectivity index (χ0) is 23.2. The van der Waals surface area contributed by atoms with Crippen LogP contribution < -0.4 is 21.1 Å². The summed E-state index contributed by atoms with van der Waals surface area (Å²) in [5.74, 6) is -0.0117. The zero-order valence-electron chi connectivity index (χ0n) is 18.2. The number of nitrogens with two attached hydrogens (primary N) is 1. The number of fused-ring (bicyclic) bond motifs is 1. The second kappa shape index (κ2) is 9.97. The summed E-state index contributed by atoms with van der Waals surface area (Å²) in [6, 6.07) is 20.0. The Bertz CT molecular complexity index is 1270. The molecular formula is C25H25N5O3. The third-order valence-corrected chi connectivity index (χ3v) is 5.37. The van der Waals surface area contributed by atoms with Crippen LogP contribution in [0.25, 0.3) is 10.9 Å². The third kappa shape index (κ3) is 5.02. The number of ether oxygens (including phenoxy) is 1. The normalized spacial score (nSPS) is 11.7. The minimum Gasteiger partial charge on any atom is -0.496 e. The molecule has 0 bridgehead atoms. The van der Waals surface area contributed by atoms with Crippen LogP contribution in [-0.4, -0.2) is 35.4 Å². The van der Waals surface area contributed by atoms with Crippen LogP contribution in [-0.2, 0) is 11.3 Å². The molecule has 2 heterocycles. The van der Waals surface area contributed by atoms with Crippen molar-refractivity contribution in [3.8, 4) is 5.75 Å². The molecule has 4 aromatic rings. The molecule has 33 heavy (non-hydrogen) atoms. The number of benzene rings is 2. The van der Waals surface area contributed by atoms with Crippen molar-refractivity contribution in [1.82, 2.24) is 20.6 Å². The Morgan fingerprint density at radius 2 is 1.88 bits per heavy atom. The van der Waals surface area contributed by atoms with E-state index in [2.05, 4.69) is 20.6 Å². The second-order valence-corrected chi connectivity index (χ2v) is 7.50. The monoisotopic (exact) mass is 443 g/mol. The van der Waals surface area contributed by atoms with Gasteiger partial charge >= 0.3 is 0 Å². The molecule has 0 unspecified atom stereocenters. The quantitative estimate of drug-likeness (QED) is 0.334. The molecule has 5 N–H and O–H groups in total. The first-order valence-electron chi connectivity index (χ1n) is 10.5. The van der Waals surface area contributed by atoms with Gasteiger partial charge in [-0.1, -0.05) is 36.4 Å². The average molecular weight is 444 g/mol. The van der Waals surface area contributed by atoms with Crippen LogP contribution in [0.5, 0.6) is 5.75 Å². The van der Waals surface area contributed by atoms with Gasteiger partial charge in [0.2, 0.25) is 5.91 Å². The maximum atomic E-state index is 12.5. The van der Waals surface area contributed by atoms with Crippen molar-refractivity contribution in [1.29, 1.82) is 0 Å². The van der Waals surface area contributed by atoms with Crippen LogP contribution in [0.4, 0.5) is 0 Å². The van der Waals surface area contributed by atoms with Crippen molar-refractivity contribution in [3.63, 3.8) is 0 Å². The summed E-state index contributed by atoms with van der Waals surface area (Å²) < 4.78 is 5.32. The van der Waals surface area contributed by atoms with Gasteiger partial charge in [-0.05, 0) is 41.5 Å². The molecule has 0 radical (unpaired) electrons. The number of nitrogens with zero attached hydrogens (tertiary/aromatic N) is 1. The van der Waals surface area contributed by atoms with E-state index in [1.165, 1.54) is 0 Å². The number of hydrogen-bond donors (Lipinski definition) is 4. The second-order valence-electron chi connectivity index (χ2n) is 7.50. The number of methoxy groups -OCH3 is 1. The predicted molar refractivity (Wildman–Crippen MR) is 126 cm³/mol. The summed E-state index contributed by atoms with van der Waals surface area (Å²) in [7, 11) is 1.58. The lowest BCUT2D eigenvalue weighted by Gasteiger charge is -2.16. The molecule has 0 fully saturated rings. The van der Waals surface area contributed by atoms with Crippen LogP contribution in [0.1, 0.15) is 33.4 Å². The highest BCUT2D eigenvalue weighted by atomic mass is 16.5.